The zero-order valence-electron chi connectivity index (χ0n) is 8.32. The minimum absolute atomic E-state index is 0.830. The van der Waals surface area contributed by atoms with E-state index in [1.54, 1.807) is 0 Å². The lowest BCUT2D eigenvalue weighted by molar-refractivity contribution is 0.560. The van der Waals surface area contributed by atoms with Gasteiger partial charge in [-0.2, -0.15) is 0 Å². The normalized spacial score (nSPS) is 34.1. The predicted molar refractivity (Wildman–Crippen MR) is 55.7 cm³/mol. The molecule has 2 saturated carbocycles. The molecule has 3 rings (SSSR count). The summed E-state index contributed by atoms with van der Waals surface area (Å²) in [5.74, 6) is 2.02. The van der Waals surface area contributed by atoms with Gasteiger partial charge in [-0.1, -0.05) is 6.42 Å². The van der Waals surface area contributed by atoms with Crippen molar-refractivity contribution in [2.24, 2.45) is 11.8 Å². The van der Waals surface area contributed by atoms with E-state index in [4.69, 9.17) is 0 Å². The van der Waals surface area contributed by atoms with E-state index >= 15 is 0 Å². The molecule has 0 amide bonds. The van der Waals surface area contributed by atoms with Gasteiger partial charge >= 0.3 is 0 Å². The molecule has 0 spiro atoms. The molecule has 74 valence electrons. The number of rotatable bonds is 3. The summed E-state index contributed by atoms with van der Waals surface area (Å²) in [5.41, 5.74) is 1.35. The van der Waals surface area contributed by atoms with Gasteiger partial charge in [0.05, 0.1) is 0 Å². The number of nitrogens with one attached hydrogen (secondary N) is 1. The lowest BCUT2D eigenvalue weighted by Gasteiger charge is -2.05. The summed E-state index contributed by atoms with van der Waals surface area (Å²) >= 11 is 0. The Morgan fingerprint density at radius 2 is 1.93 bits per heavy atom. The van der Waals surface area contributed by atoms with Crippen LogP contribution in [0, 0.1) is 11.8 Å². The molecular weight excluding hydrogens is 172 g/mol. The Balaban J connectivity index is 1.52. The zero-order valence-corrected chi connectivity index (χ0v) is 8.32. The Morgan fingerprint density at radius 3 is 2.64 bits per heavy atom. The van der Waals surface area contributed by atoms with Gasteiger partial charge in [0, 0.05) is 25.0 Å². The highest BCUT2D eigenvalue weighted by molar-refractivity contribution is 5.12. The van der Waals surface area contributed by atoms with Crippen LogP contribution in [0.15, 0.2) is 24.5 Å². The lowest BCUT2D eigenvalue weighted by atomic mass is 10.2. The van der Waals surface area contributed by atoms with E-state index in [1.165, 1.54) is 24.8 Å². The molecule has 2 heteroatoms. The monoisotopic (exact) mass is 188 g/mol. The van der Waals surface area contributed by atoms with E-state index in [2.05, 4.69) is 22.4 Å². The summed E-state index contributed by atoms with van der Waals surface area (Å²) in [5, 5.41) is 3.65. The zero-order chi connectivity index (χ0) is 9.38. The number of hydrogen-bond acceptors (Lipinski definition) is 2. The summed E-state index contributed by atoms with van der Waals surface area (Å²) in [6, 6.07) is 5.01. The summed E-state index contributed by atoms with van der Waals surface area (Å²) in [7, 11) is 0. The van der Waals surface area contributed by atoms with Crippen LogP contribution in [0.4, 0.5) is 0 Å². The van der Waals surface area contributed by atoms with Crippen molar-refractivity contribution in [1.29, 1.82) is 0 Å². The second kappa shape index (κ2) is 3.35. The highest BCUT2D eigenvalue weighted by atomic mass is 15.0. The Kier molecular flexibility index (Phi) is 2.02. The molecule has 2 aliphatic rings. The largest absolute Gasteiger partial charge is 0.309 e. The molecule has 2 fully saturated rings. The average molecular weight is 188 g/mol. The van der Waals surface area contributed by atoms with Crippen LogP contribution in [0.3, 0.4) is 0 Å². The molecule has 1 aromatic heterocycles. The van der Waals surface area contributed by atoms with Gasteiger partial charge in [-0.25, -0.2) is 0 Å². The molecule has 2 atom stereocenters. The molecule has 0 aromatic carbocycles. The fraction of sp³-hybridized carbons (Fsp3) is 0.583. The molecule has 0 aliphatic heterocycles. The van der Waals surface area contributed by atoms with E-state index in [0.29, 0.717) is 0 Å². The van der Waals surface area contributed by atoms with Crippen LogP contribution in [0.25, 0.3) is 0 Å². The molecule has 1 heterocycles. The Labute approximate surface area is 84.7 Å². The standard InChI is InChI=1S/C12H16N2/c1-2-10-11(3-1)12(10)14-8-9-4-6-13-7-5-9/h4-7,10-12,14H,1-3,8H2. The Hall–Kier alpha value is -0.890. The maximum absolute atomic E-state index is 4.02. The summed E-state index contributed by atoms with van der Waals surface area (Å²) in [6.07, 6.45) is 8.11. The minimum Gasteiger partial charge on any atom is -0.309 e. The van der Waals surface area contributed by atoms with E-state index in [-0.39, 0.29) is 0 Å². The average Bonchev–Trinajstić information content (AvgIpc) is 2.69. The quantitative estimate of drug-likeness (QED) is 0.784. The maximum Gasteiger partial charge on any atom is 0.0271 e. The molecule has 1 N–H and O–H groups in total. The van der Waals surface area contributed by atoms with Crippen molar-refractivity contribution >= 4 is 0 Å². The van der Waals surface area contributed by atoms with Crippen LogP contribution in [0.2, 0.25) is 0 Å². The van der Waals surface area contributed by atoms with Crippen molar-refractivity contribution < 1.29 is 0 Å². The number of hydrogen-bond donors (Lipinski definition) is 1. The highest BCUT2D eigenvalue weighted by Crippen LogP contribution is 2.51. The third-order valence-corrected chi connectivity index (χ3v) is 3.70. The third kappa shape index (κ3) is 1.44. The van der Waals surface area contributed by atoms with Crippen molar-refractivity contribution in [2.45, 2.75) is 31.8 Å². The second-order valence-corrected chi connectivity index (χ2v) is 4.52. The first-order valence-corrected chi connectivity index (χ1v) is 5.57. The predicted octanol–water partition coefficient (Wildman–Crippen LogP) is 1.97. The first-order chi connectivity index (χ1) is 6.95. The van der Waals surface area contributed by atoms with Gasteiger partial charge in [0.1, 0.15) is 0 Å². The summed E-state index contributed by atoms with van der Waals surface area (Å²) in [6.45, 7) is 1.01. The number of pyridine rings is 1. The molecule has 0 radical (unpaired) electrons. The lowest BCUT2D eigenvalue weighted by Crippen LogP contribution is -2.19. The summed E-state index contributed by atoms with van der Waals surface area (Å²) < 4.78 is 0. The molecule has 2 aliphatic carbocycles. The van der Waals surface area contributed by atoms with Crippen LogP contribution in [0.1, 0.15) is 24.8 Å². The van der Waals surface area contributed by atoms with Crippen molar-refractivity contribution in [3.05, 3.63) is 30.1 Å². The van der Waals surface area contributed by atoms with E-state index < -0.39 is 0 Å². The van der Waals surface area contributed by atoms with Crippen molar-refractivity contribution in [2.75, 3.05) is 0 Å². The molecule has 14 heavy (non-hydrogen) atoms. The van der Waals surface area contributed by atoms with E-state index in [1.807, 2.05) is 12.4 Å². The van der Waals surface area contributed by atoms with Gasteiger partial charge in [0.15, 0.2) is 0 Å². The van der Waals surface area contributed by atoms with Crippen LogP contribution >= 0.6 is 0 Å². The summed E-state index contributed by atoms with van der Waals surface area (Å²) in [4.78, 5) is 4.02. The fourth-order valence-corrected chi connectivity index (χ4v) is 2.86. The highest BCUT2D eigenvalue weighted by Gasteiger charge is 2.51. The van der Waals surface area contributed by atoms with Crippen molar-refractivity contribution in [3.8, 4) is 0 Å². The number of aromatic nitrogens is 1. The van der Waals surface area contributed by atoms with Gasteiger partial charge in [0.2, 0.25) is 0 Å². The molecular formula is C12H16N2. The van der Waals surface area contributed by atoms with Gasteiger partial charge in [0.25, 0.3) is 0 Å². The topological polar surface area (TPSA) is 24.9 Å². The second-order valence-electron chi connectivity index (χ2n) is 4.52. The molecule has 0 saturated heterocycles. The number of fused-ring (bicyclic) bond motifs is 1. The van der Waals surface area contributed by atoms with Crippen LogP contribution < -0.4 is 5.32 Å². The first kappa shape index (κ1) is 8.42. The smallest absolute Gasteiger partial charge is 0.0271 e. The van der Waals surface area contributed by atoms with Crippen LogP contribution in [-0.2, 0) is 6.54 Å². The minimum atomic E-state index is 0.830. The third-order valence-electron chi connectivity index (χ3n) is 3.70. The Bertz CT molecular complexity index is 299. The van der Waals surface area contributed by atoms with Gasteiger partial charge in [-0.05, 0) is 42.4 Å². The molecule has 2 nitrogen and oxygen atoms in total. The van der Waals surface area contributed by atoms with Crippen LogP contribution in [-0.4, -0.2) is 11.0 Å². The first-order valence-electron chi connectivity index (χ1n) is 5.57. The van der Waals surface area contributed by atoms with Gasteiger partial charge in [-0.15, -0.1) is 0 Å². The molecule has 0 bridgehead atoms. The molecule has 2 unspecified atom stereocenters. The van der Waals surface area contributed by atoms with E-state index in [9.17, 15) is 0 Å². The van der Waals surface area contributed by atoms with Crippen LogP contribution in [0.5, 0.6) is 0 Å². The van der Waals surface area contributed by atoms with Crippen molar-refractivity contribution in [3.63, 3.8) is 0 Å². The van der Waals surface area contributed by atoms with Gasteiger partial charge in [-0.3, -0.25) is 4.98 Å². The Morgan fingerprint density at radius 1 is 1.21 bits per heavy atom. The van der Waals surface area contributed by atoms with Crippen molar-refractivity contribution in [1.82, 2.24) is 10.3 Å². The van der Waals surface area contributed by atoms with E-state index in [0.717, 1.165) is 24.4 Å². The fourth-order valence-electron chi connectivity index (χ4n) is 2.86. The SMILES string of the molecule is c1cc(CNC2C3CCCC32)ccn1. The van der Waals surface area contributed by atoms with Gasteiger partial charge < -0.3 is 5.32 Å². The maximum atomic E-state index is 4.02. The molecule has 1 aromatic rings. The number of nitrogens with zero attached hydrogens (tertiary/aromatic N) is 1.